The monoisotopic (exact) mass is 311 g/mol. The molecule has 0 amide bonds. The first-order valence-electron chi connectivity index (χ1n) is 9.73. The lowest BCUT2D eigenvalue weighted by Gasteiger charge is -2.58. The Morgan fingerprint density at radius 3 is 2.96 bits per heavy atom. The maximum atomic E-state index is 6.12. The summed E-state index contributed by atoms with van der Waals surface area (Å²) in [5.74, 6) is 2.84. The molecule has 3 fully saturated rings. The lowest BCUT2D eigenvalue weighted by molar-refractivity contribution is 0.00270. The van der Waals surface area contributed by atoms with Gasteiger partial charge < -0.3 is 9.64 Å². The van der Waals surface area contributed by atoms with Crippen LogP contribution in [0.2, 0.25) is 0 Å². The first-order chi connectivity index (χ1) is 11.3. The molecule has 0 spiro atoms. The van der Waals surface area contributed by atoms with Crippen LogP contribution in [0.3, 0.4) is 0 Å². The third-order valence-corrected chi connectivity index (χ3v) is 7.27. The highest BCUT2D eigenvalue weighted by Crippen LogP contribution is 2.55. The van der Waals surface area contributed by atoms with Gasteiger partial charge in [-0.15, -0.1) is 0 Å². The van der Waals surface area contributed by atoms with Crippen molar-refractivity contribution in [1.29, 1.82) is 0 Å². The summed E-state index contributed by atoms with van der Waals surface area (Å²) in [6.45, 7) is 2.20. The van der Waals surface area contributed by atoms with E-state index in [9.17, 15) is 0 Å². The van der Waals surface area contributed by atoms with Crippen molar-refractivity contribution in [3.63, 3.8) is 0 Å². The van der Waals surface area contributed by atoms with Gasteiger partial charge in [-0.2, -0.15) is 0 Å². The van der Waals surface area contributed by atoms with Crippen LogP contribution in [0.1, 0.15) is 56.1 Å². The van der Waals surface area contributed by atoms with E-state index >= 15 is 0 Å². The highest BCUT2D eigenvalue weighted by Gasteiger charge is 2.53. The first-order valence-corrected chi connectivity index (χ1v) is 9.73. The zero-order valence-electron chi connectivity index (χ0n) is 14.4. The van der Waals surface area contributed by atoms with Crippen LogP contribution in [0.15, 0.2) is 18.2 Å². The normalized spacial score (nSPS) is 36.2. The average Bonchev–Trinajstić information content (AvgIpc) is 3.41. The van der Waals surface area contributed by atoms with Crippen LogP contribution in [0, 0.1) is 11.8 Å². The molecular weight excluding hydrogens is 282 g/mol. The van der Waals surface area contributed by atoms with Crippen LogP contribution in [-0.4, -0.2) is 31.1 Å². The molecule has 4 aliphatic rings. The molecule has 2 saturated carbocycles. The van der Waals surface area contributed by atoms with Crippen LogP contribution in [0.25, 0.3) is 0 Å². The highest BCUT2D eigenvalue weighted by molar-refractivity contribution is 5.45. The summed E-state index contributed by atoms with van der Waals surface area (Å²) < 4.78 is 6.12. The number of rotatable bonds is 3. The molecule has 2 bridgehead atoms. The van der Waals surface area contributed by atoms with Crippen molar-refractivity contribution in [2.45, 2.75) is 62.8 Å². The molecule has 2 nitrogen and oxygen atoms in total. The SMILES string of the molecule is CN1CC[C@@]23CCCCC2C1Cc1ccc(OCC2CC2)cc13. The van der Waals surface area contributed by atoms with Gasteiger partial charge in [0.25, 0.3) is 0 Å². The minimum Gasteiger partial charge on any atom is -0.493 e. The van der Waals surface area contributed by atoms with E-state index in [4.69, 9.17) is 4.74 Å². The van der Waals surface area contributed by atoms with Crippen molar-refractivity contribution >= 4 is 0 Å². The summed E-state index contributed by atoms with van der Waals surface area (Å²) in [7, 11) is 2.35. The number of hydrogen-bond donors (Lipinski definition) is 0. The molecule has 3 aliphatic carbocycles. The molecule has 1 aliphatic heterocycles. The first kappa shape index (κ1) is 14.3. The van der Waals surface area contributed by atoms with E-state index < -0.39 is 0 Å². The van der Waals surface area contributed by atoms with Gasteiger partial charge >= 0.3 is 0 Å². The molecule has 23 heavy (non-hydrogen) atoms. The number of benzene rings is 1. The number of hydrogen-bond acceptors (Lipinski definition) is 2. The summed E-state index contributed by atoms with van der Waals surface area (Å²) in [6.07, 6.45) is 11.0. The number of fused-ring (bicyclic) bond motifs is 1. The molecular formula is C21H29NO. The van der Waals surface area contributed by atoms with E-state index in [1.165, 1.54) is 57.9 Å². The van der Waals surface area contributed by atoms with E-state index in [1.54, 1.807) is 11.1 Å². The van der Waals surface area contributed by atoms with E-state index in [0.717, 1.165) is 30.2 Å². The Balaban J connectivity index is 1.53. The second kappa shape index (κ2) is 5.24. The van der Waals surface area contributed by atoms with Crippen molar-refractivity contribution in [2.75, 3.05) is 20.2 Å². The van der Waals surface area contributed by atoms with Gasteiger partial charge in [0.1, 0.15) is 5.75 Å². The van der Waals surface area contributed by atoms with Gasteiger partial charge in [-0.1, -0.05) is 18.9 Å². The van der Waals surface area contributed by atoms with Crippen molar-refractivity contribution in [2.24, 2.45) is 11.8 Å². The van der Waals surface area contributed by atoms with Gasteiger partial charge in [-0.25, -0.2) is 0 Å². The Morgan fingerprint density at radius 2 is 2.09 bits per heavy atom. The van der Waals surface area contributed by atoms with Crippen molar-refractivity contribution in [3.05, 3.63) is 29.3 Å². The molecule has 0 N–H and O–H groups in total. The van der Waals surface area contributed by atoms with Crippen LogP contribution >= 0.6 is 0 Å². The maximum absolute atomic E-state index is 6.12. The largest absolute Gasteiger partial charge is 0.493 e. The summed E-state index contributed by atoms with van der Waals surface area (Å²) in [5.41, 5.74) is 3.74. The van der Waals surface area contributed by atoms with E-state index in [2.05, 4.69) is 30.1 Å². The summed E-state index contributed by atoms with van der Waals surface area (Å²) in [6, 6.07) is 7.83. The fourth-order valence-corrected chi connectivity index (χ4v) is 5.76. The maximum Gasteiger partial charge on any atom is 0.119 e. The Morgan fingerprint density at radius 1 is 1.17 bits per heavy atom. The molecule has 2 heteroatoms. The van der Waals surface area contributed by atoms with E-state index in [0.29, 0.717) is 5.41 Å². The second-order valence-electron chi connectivity index (χ2n) is 8.58. The number of piperidine rings is 1. The Hall–Kier alpha value is -1.02. The Labute approximate surface area is 140 Å². The van der Waals surface area contributed by atoms with Gasteiger partial charge in [-0.3, -0.25) is 0 Å². The predicted molar refractivity (Wildman–Crippen MR) is 93.0 cm³/mol. The average molecular weight is 311 g/mol. The molecule has 0 radical (unpaired) electrons. The van der Waals surface area contributed by atoms with Crippen molar-refractivity contribution in [1.82, 2.24) is 4.90 Å². The summed E-state index contributed by atoms with van der Waals surface area (Å²) in [5, 5.41) is 0. The fourth-order valence-electron chi connectivity index (χ4n) is 5.76. The number of likely N-dealkylation sites (tertiary alicyclic amines) is 1. The minimum absolute atomic E-state index is 0.460. The quantitative estimate of drug-likeness (QED) is 0.831. The van der Waals surface area contributed by atoms with Crippen LogP contribution in [-0.2, 0) is 11.8 Å². The minimum atomic E-state index is 0.460. The Bertz CT molecular complexity index is 608. The van der Waals surface area contributed by atoms with Gasteiger partial charge in [0.15, 0.2) is 0 Å². The lowest BCUT2D eigenvalue weighted by Crippen LogP contribution is -2.59. The topological polar surface area (TPSA) is 12.5 Å². The van der Waals surface area contributed by atoms with E-state index in [1.807, 2.05) is 0 Å². The van der Waals surface area contributed by atoms with Crippen LogP contribution < -0.4 is 4.74 Å². The molecule has 124 valence electrons. The number of likely N-dealkylation sites (N-methyl/N-ethyl adjacent to an activating group) is 1. The third kappa shape index (κ3) is 2.25. The standard InChI is InChI=1S/C21H29NO/c1-22-11-10-21-9-3-2-4-18(21)20(22)12-16-7-8-17(13-19(16)21)23-14-15-5-6-15/h7-8,13,15,18,20H,2-6,9-12,14H2,1H3/t18?,20?,21-/m0/s1. The smallest absolute Gasteiger partial charge is 0.119 e. The van der Waals surface area contributed by atoms with Gasteiger partial charge in [0.2, 0.25) is 0 Å². The third-order valence-electron chi connectivity index (χ3n) is 7.27. The van der Waals surface area contributed by atoms with Gasteiger partial charge in [-0.05, 0) is 87.2 Å². The van der Waals surface area contributed by atoms with Crippen molar-refractivity contribution in [3.8, 4) is 5.75 Å². The van der Waals surface area contributed by atoms with Crippen molar-refractivity contribution < 1.29 is 4.74 Å². The molecule has 2 unspecified atom stereocenters. The lowest BCUT2D eigenvalue weighted by atomic mass is 9.52. The number of nitrogens with zero attached hydrogens (tertiary/aromatic N) is 1. The second-order valence-corrected chi connectivity index (χ2v) is 8.58. The van der Waals surface area contributed by atoms with Gasteiger partial charge in [0, 0.05) is 11.5 Å². The number of ether oxygens (including phenoxy) is 1. The zero-order valence-corrected chi connectivity index (χ0v) is 14.4. The molecule has 3 atom stereocenters. The molecule has 1 saturated heterocycles. The molecule has 5 rings (SSSR count). The van der Waals surface area contributed by atoms with E-state index in [-0.39, 0.29) is 0 Å². The summed E-state index contributed by atoms with van der Waals surface area (Å²) >= 11 is 0. The van der Waals surface area contributed by atoms with Gasteiger partial charge in [0.05, 0.1) is 6.61 Å². The zero-order chi connectivity index (χ0) is 15.4. The summed E-state index contributed by atoms with van der Waals surface area (Å²) in [4.78, 5) is 2.65. The molecule has 0 aromatic heterocycles. The predicted octanol–water partition coefficient (Wildman–Crippen LogP) is 4.16. The molecule has 1 aromatic rings. The highest BCUT2D eigenvalue weighted by atomic mass is 16.5. The Kier molecular flexibility index (Phi) is 3.27. The van der Waals surface area contributed by atoms with Crippen LogP contribution in [0.5, 0.6) is 5.75 Å². The fraction of sp³-hybridized carbons (Fsp3) is 0.714. The molecule has 1 heterocycles. The molecule has 1 aromatic carbocycles. The van der Waals surface area contributed by atoms with Crippen LogP contribution in [0.4, 0.5) is 0 Å².